The van der Waals surface area contributed by atoms with Crippen molar-refractivity contribution in [1.29, 1.82) is 0 Å². The Morgan fingerprint density at radius 1 is 1.33 bits per heavy atom. The summed E-state index contributed by atoms with van der Waals surface area (Å²) < 4.78 is 4.79. The summed E-state index contributed by atoms with van der Waals surface area (Å²) in [5, 5.41) is 8.50. The van der Waals surface area contributed by atoms with E-state index in [1.54, 1.807) is 12.1 Å². The zero-order valence-electron chi connectivity index (χ0n) is 8.90. The quantitative estimate of drug-likeness (QED) is 0.750. The van der Waals surface area contributed by atoms with Gasteiger partial charge in [-0.3, -0.25) is 0 Å². The molecule has 0 saturated heterocycles. The number of rotatable bonds is 5. The molecule has 3 nitrogen and oxygen atoms in total. The molecule has 0 radical (unpaired) electrons. The summed E-state index contributed by atoms with van der Waals surface area (Å²) in [6.07, 6.45) is 2.11. The fourth-order valence-electron chi connectivity index (χ4n) is 1.32. The smallest absolute Gasteiger partial charge is 0.338 e. The van der Waals surface area contributed by atoms with Crippen LogP contribution in [0.5, 0.6) is 0 Å². The average molecular weight is 208 g/mol. The van der Waals surface area contributed by atoms with Gasteiger partial charge in [0.15, 0.2) is 0 Å². The Hall–Kier alpha value is -1.35. The molecule has 1 rings (SSSR count). The van der Waals surface area contributed by atoms with Crippen LogP contribution in [0.3, 0.4) is 0 Å². The molecular formula is C12H16O3. The Balaban J connectivity index is 2.58. The summed E-state index contributed by atoms with van der Waals surface area (Å²) in [7, 11) is 0. The highest BCUT2D eigenvalue weighted by molar-refractivity contribution is 5.89. The van der Waals surface area contributed by atoms with E-state index in [-0.39, 0.29) is 19.2 Å². The van der Waals surface area contributed by atoms with E-state index in [9.17, 15) is 4.79 Å². The number of ether oxygens (including phenoxy) is 1. The van der Waals surface area contributed by atoms with Crippen LogP contribution in [0.1, 0.15) is 29.3 Å². The Morgan fingerprint density at radius 3 is 2.53 bits per heavy atom. The first-order chi connectivity index (χ1) is 7.27. The van der Waals surface area contributed by atoms with Gasteiger partial charge in [0, 0.05) is 0 Å². The zero-order chi connectivity index (χ0) is 11.1. The number of esters is 1. The highest BCUT2D eigenvalue weighted by Crippen LogP contribution is 2.07. The molecule has 0 atom stereocenters. The van der Waals surface area contributed by atoms with E-state index in [0.717, 1.165) is 12.8 Å². The lowest BCUT2D eigenvalue weighted by Crippen LogP contribution is -2.08. The fourth-order valence-corrected chi connectivity index (χ4v) is 1.32. The Bertz CT molecular complexity index is 303. The van der Waals surface area contributed by atoms with Crippen LogP contribution in [-0.4, -0.2) is 24.3 Å². The van der Waals surface area contributed by atoms with Gasteiger partial charge in [0.1, 0.15) is 6.61 Å². The van der Waals surface area contributed by atoms with Crippen LogP contribution in [0.4, 0.5) is 0 Å². The monoisotopic (exact) mass is 208 g/mol. The van der Waals surface area contributed by atoms with Gasteiger partial charge in [0.25, 0.3) is 0 Å². The maximum atomic E-state index is 11.3. The van der Waals surface area contributed by atoms with Crippen LogP contribution in [0.25, 0.3) is 0 Å². The molecule has 0 aliphatic carbocycles. The van der Waals surface area contributed by atoms with Crippen LogP contribution in [0.15, 0.2) is 24.3 Å². The van der Waals surface area contributed by atoms with Crippen LogP contribution in [-0.2, 0) is 11.2 Å². The summed E-state index contributed by atoms with van der Waals surface area (Å²) in [6.45, 7) is 2.03. The summed E-state index contributed by atoms with van der Waals surface area (Å²) in [5.41, 5.74) is 1.75. The van der Waals surface area contributed by atoms with E-state index in [0.29, 0.717) is 5.56 Å². The first-order valence-corrected chi connectivity index (χ1v) is 5.15. The minimum atomic E-state index is -0.382. The molecule has 0 aliphatic heterocycles. The summed E-state index contributed by atoms with van der Waals surface area (Å²) >= 11 is 0. The summed E-state index contributed by atoms with van der Waals surface area (Å²) in [4.78, 5) is 11.3. The molecule has 82 valence electrons. The van der Waals surface area contributed by atoms with Crippen molar-refractivity contribution in [1.82, 2.24) is 0 Å². The SMILES string of the molecule is CCCc1ccc(C(=O)OCCO)cc1. The number of aliphatic hydroxyl groups is 1. The predicted octanol–water partition coefficient (Wildman–Crippen LogP) is 1.79. The van der Waals surface area contributed by atoms with Gasteiger partial charge in [0.05, 0.1) is 12.2 Å². The van der Waals surface area contributed by atoms with Crippen molar-refractivity contribution >= 4 is 5.97 Å². The third-order valence-corrected chi connectivity index (χ3v) is 2.05. The van der Waals surface area contributed by atoms with Crippen molar-refractivity contribution in [2.75, 3.05) is 13.2 Å². The van der Waals surface area contributed by atoms with Gasteiger partial charge in [-0.15, -0.1) is 0 Å². The van der Waals surface area contributed by atoms with Gasteiger partial charge in [-0.2, -0.15) is 0 Å². The second-order valence-electron chi connectivity index (χ2n) is 3.31. The normalized spacial score (nSPS) is 10.0. The molecule has 0 aromatic heterocycles. The largest absolute Gasteiger partial charge is 0.460 e. The molecule has 1 aromatic carbocycles. The molecule has 1 N–H and O–H groups in total. The number of carbonyl (C=O) groups excluding carboxylic acids is 1. The number of aryl methyl sites for hydroxylation is 1. The second-order valence-corrected chi connectivity index (χ2v) is 3.31. The lowest BCUT2D eigenvalue weighted by Gasteiger charge is -2.03. The van der Waals surface area contributed by atoms with E-state index in [4.69, 9.17) is 9.84 Å². The fraction of sp³-hybridized carbons (Fsp3) is 0.417. The van der Waals surface area contributed by atoms with E-state index < -0.39 is 0 Å². The molecule has 1 aromatic rings. The van der Waals surface area contributed by atoms with Gasteiger partial charge >= 0.3 is 5.97 Å². The zero-order valence-corrected chi connectivity index (χ0v) is 8.90. The van der Waals surface area contributed by atoms with Gasteiger partial charge in [-0.25, -0.2) is 4.79 Å². The third-order valence-electron chi connectivity index (χ3n) is 2.05. The van der Waals surface area contributed by atoms with Crippen molar-refractivity contribution in [2.24, 2.45) is 0 Å². The highest BCUT2D eigenvalue weighted by atomic mass is 16.5. The van der Waals surface area contributed by atoms with Gasteiger partial charge < -0.3 is 9.84 Å². The molecule has 0 unspecified atom stereocenters. The Labute approximate surface area is 89.7 Å². The minimum Gasteiger partial charge on any atom is -0.460 e. The molecule has 3 heteroatoms. The minimum absolute atomic E-state index is 0.0511. The molecule has 0 amide bonds. The number of benzene rings is 1. The van der Waals surface area contributed by atoms with E-state index in [1.807, 2.05) is 12.1 Å². The van der Waals surface area contributed by atoms with Gasteiger partial charge in [-0.05, 0) is 24.1 Å². The molecular weight excluding hydrogens is 192 g/mol. The highest BCUT2D eigenvalue weighted by Gasteiger charge is 2.05. The molecule has 0 saturated carbocycles. The number of carbonyl (C=O) groups is 1. The molecule has 0 aliphatic rings. The first kappa shape index (κ1) is 11.7. The van der Waals surface area contributed by atoms with Gasteiger partial charge in [0.2, 0.25) is 0 Å². The van der Waals surface area contributed by atoms with Crippen LogP contribution < -0.4 is 0 Å². The lowest BCUT2D eigenvalue weighted by molar-refractivity contribution is 0.0434. The first-order valence-electron chi connectivity index (χ1n) is 5.15. The van der Waals surface area contributed by atoms with Crippen molar-refractivity contribution in [3.63, 3.8) is 0 Å². The van der Waals surface area contributed by atoms with Gasteiger partial charge in [-0.1, -0.05) is 25.5 Å². The number of hydrogen-bond acceptors (Lipinski definition) is 3. The summed E-state index contributed by atoms with van der Waals surface area (Å²) in [5.74, 6) is -0.382. The predicted molar refractivity (Wildman–Crippen MR) is 57.8 cm³/mol. The molecule has 0 bridgehead atoms. The maximum Gasteiger partial charge on any atom is 0.338 e. The van der Waals surface area contributed by atoms with E-state index >= 15 is 0 Å². The van der Waals surface area contributed by atoms with Crippen LogP contribution >= 0.6 is 0 Å². The van der Waals surface area contributed by atoms with Crippen LogP contribution in [0, 0.1) is 0 Å². The molecule has 0 spiro atoms. The second kappa shape index (κ2) is 6.19. The molecule has 0 heterocycles. The van der Waals surface area contributed by atoms with Crippen LogP contribution in [0.2, 0.25) is 0 Å². The third kappa shape index (κ3) is 3.72. The van der Waals surface area contributed by atoms with Crippen molar-refractivity contribution < 1.29 is 14.6 Å². The Kier molecular flexibility index (Phi) is 4.84. The van der Waals surface area contributed by atoms with Crippen molar-refractivity contribution in [3.8, 4) is 0 Å². The topological polar surface area (TPSA) is 46.5 Å². The lowest BCUT2D eigenvalue weighted by atomic mass is 10.1. The average Bonchev–Trinajstić information content (AvgIpc) is 2.27. The molecule has 0 fully saturated rings. The standard InChI is InChI=1S/C12H16O3/c1-2-3-10-4-6-11(7-5-10)12(14)15-9-8-13/h4-7,13H,2-3,8-9H2,1H3. The summed E-state index contributed by atoms with van der Waals surface area (Å²) in [6, 6.07) is 7.37. The number of aliphatic hydroxyl groups excluding tert-OH is 1. The van der Waals surface area contributed by atoms with E-state index in [2.05, 4.69) is 6.92 Å². The van der Waals surface area contributed by atoms with E-state index in [1.165, 1.54) is 5.56 Å². The van der Waals surface area contributed by atoms with Crippen molar-refractivity contribution in [3.05, 3.63) is 35.4 Å². The molecule has 15 heavy (non-hydrogen) atoms. The number of hydrogen-bond donors (Lipinski definition) is 1. The Morgan fingerprint density at radius 2 is 2.00 bits per heavy atom. The van der Waals surface area contributed by atoms with Crippen molar-refractivity contribution in [2.45, 2.75) is 19.8 Å². The maximum absolute atomic E-state index is 11.3.